The van der Waals surface area contributed by atoms with Gasteiger partial charge in [0.2, 0.25) is 0 Å². The van der Waals surface area contributed by atoms with Crippen LogP contribution in [0.15, 0.2) is 84.9 Å². The summed E-state index contributed by atoms with van der Waals surface area (Å²) in [5, 5.41) is 14.7. The highest BCUT2D eigenvalue weighted by Crippen LogP contribution is 2.39. The van der Waals surface area contributed by atoms with E-state index in [1.807, 2.05) is 24.3 Å². The number of hydrogen-bond acceptors (Lipinski definition) is 7. The monoisotopic (exact) mass is 709 g/mol. The maximum absolute atomic E-state index is 14.5. The molecule has 2 aliphatic rings. The van der Waals surface area contributed by atoms with Crippen LogP contribution in [0.3, 0.4) is 0 Å². The molecule has 0 aromatic heterocycles. The van der Waals surface area contributed by atoms with Crippen molar-refractivity contribution in [2.24, 2.45) is 5.73 Å². The first-order valence-corrected chi connectivity index (χ1v) is 17.2. The minimum atomic E-state index is -2.43. The lowest BCUT2D eigenvalue weighted by Crippen LogP contribution is -2.45. The highest BCUT2D eigenvalue weighted by Gasteiger charge is 2.43. The Morgan fingerprint density at radius 3 is 2.39 bits per heavy atom. The minimum absolute atomic E-state index is 0.00695. The standard InChI is InChI=1S/C40H40ClN3O7/c1-39(2,3)51-37(47)43-22-32-31(20-27(41)21-33(32)40(49,36(42)46)26-13-5-4-6-14-26)35(45)34-17-10-18-44(34)38(48)50-23-25-12-9-16-29-28-15-8-7-11-24(28)19-30(25)29/h4-9,11-16,20-21,34,49H,10,17-19,22-23H2,1-3H3,(H2,42,46)(H,43,47)/t34-,40?/m0/s1. The van der Waals surface area contributed by atoms with Gasteiger partial charge in [-0.25, -0.2) is 9.59 Å². The van der Waals surface area contributed by atoms with Crippen molar-refractivity contribution in [2.45, 2.75) is 70.4 Å². The number of hydrogen-bond donors (Lipinski definition) is 3. The van der Waals surface area contributed by atoms with Gasteiger partial charge in [0.25, 0.3) is 5.91 Å². The van der Waals surface area contributed by atoms with Gasteiger partial charge in [0, 0.05) is 29.2 Å². The van der Waals surface area contributed by atoms with Crippen molar-refractivity contribution in [1.29, 1.82) is 0 Å². The van der Waals surface area contributed by atoms with Crippen molar-refractivity contribution < 1.29 is 33.8 Å². The SMILES string of the molecule is CC(C)(C)OC(=O)NCc1c(C(=O)[C@@H]2CCCN2C(=O)OCc2cccc3c2Cc2ccccc2-3)cc(Cl)cc1C(O)(C(N)=O)c1ccccc1. The largest absolute Gasteiger partial charge is 0.445 e. The Kier molecular flexibility index (Phi) is 9.92. The number of aliphatic hydroxyl groups is 1. The van der Waals surface area contributed by atoms with Gasteiger partial charge in [0.05, 0.1) is 6.04 Å². The van der Waals surface area contributed by atoms with Crippen LogP contribution in [0.2, 0.25) is 5.02 Å². The first-order valence-electron chi connectivity index (χ1n) is 16.8. The van der Waals surface area contributed by atoms with Gasteiger partial charge in [-0.15, -0.1) is 0 Å². The lowest BCUT2D eigenvalue weighted by atomic mass is 9.80. The average molecular weight is 710 g/mol. The van der Waals surface area contributed by atoms with Crippen molar-refractivity contribution >= 4 is 35.5 Å². The van der Waals surface area contributed by atoms with Crippen molar-refractivity contribution in [1.82, 2.24) is 10.2 Å². The summed E-state index contributed by atoms with van der Waals surface area (Å²) < 4.78 is 11.2. The Hall–Kier alpha value is -5.19. The zero-order chi connectivity index (χ0) is 36.5. The number of fused-ring (bicyclic) bond motifs is 3. The van der Waals surface area contributed by atoms with E-state index in [-0.39, 0.29) is 47.0 Å². The number of carbonyl (C=O) groups is 4. The number of primary amides is 1. The van der Waals surface area contributed by atoms with Gasteiger partial charge in [0.15, 0.2) is 11.4 Å². The number of alkyl carbamates (subject to hydrolysis) is 1. The molecule has 4 aromatic carbocycles. The number of likely N-dealkylation sites (tertiary alicyclic amines) is 1. The van der Waals surface area contributed by atoms with E-state index >= 15 is 0 Å². The Morgan fingerprint density at radius 1 is 0.961 bits per heavy atom. The van der Waals surface area contributed by atoms with Crippen molar-refractivity contribution in [2.75, 3.05) is 6.54 Å². The molecule has 1 aliphatic carbocycles. The minimum Gasteiger partial charge on any atom is -0.445 e. The van der Waals surface area contributed by atoms with Crippen molar-refractivity contribution in [3.63, 3.8) is 0 Å². The third-order valence-corrected chi connectivity index (χ3v) is 9.53. The summed E-state index contributed by atoms with van der Waals surface area (Å²) in [6.45, 7) is 5.09. The van der Waals surface area contributed by atoms with Gasteiger partial charge >= 0.3 is 12.2 Å². The second-order valence-electron chi connectivity index (χ2n) is 13.8. The van der Waals surface area contributed by atoms with Gasteiger partial charge in [-0.1, -0.05) is 84.4 Å². The number of amides is 3. The van der Waals surface area contributed by atoms with E-state index in [1.54, 1.807) is 39.0 Å². The lowest BCUT2D eigenvalue weighted by Gasteiger charge is -2.30. The molecule has 0 radical (unpaired) electrons. The molecule has 4 aromatic rings. The normalized spacial score (nSPS) is 16.1. The lowest BCUT2D eigenvalue weighted by molar-refractivity contribution is -0.133. The second kappa shape index (κ2) is 14.2. The van der Waals surface area contributed by atoms with E-state index in [4.69, 9.17) is 26.8 Å². The fourth-order valence-corrected chi connectivity index (χ4v) is 7.19. The molecule has 1 saturated heterocycles. The molecule has 0 saturated carbocycles. The molecule has 3 amide bonds. The number of ether oxygens (including phenoxy) is 2. The van der Waals surface area contributed by atoms with E-state index in [1.165, 1.54) is 40.3 Å². The average Bonchev–Trinajstić information content (AvgIpc) is 3.74. The number of carbonyl (C=O) groups excluding carboxylic acids is 4. The molecule has 10 nitrogen and oxygen atoms in total. The Labute approximate surface area is 301 Å². The number of rotatable bonds is 9. The highest BCUT2D eigenvalue weighted by atomic mass is 35.5. The molecular formula is C40H40ClN3O7. The van der Waals surface area contributed by atoms with Crippen LogP contribution in [0.1, 0.15) is 77.4 Å². The van der Waals surface area contributed by atoms with E-state index in [0.29, 0.717) is 12.8 Å². The van der Waals surface area contributed by atoms with E-state index in [2.05, 4.69) is 23.5 Å². The number of benzene rings is 4. The Balaban J connectivity index is 1.31. The first-order chi connectivity index (χ1) is 24.3. The van der Waals surface area contributed by atoms with Gasteiger partial charge < -0.3 is 25.6 Å². The first kappa shape index (κ1) is 35.6. The fourth-order valence-electron chi connectivity index (χ4n) is 6.97. The number of nitrogens with one attached hydrogen (secondary N) is 1. The number of nitrogens with zero attached hydrogens (tertiary/aromatic N) is 1. The topological polar surface area (TPSA) is 148 Å². The van der Waals surface area contributed by atoms with Crippen molar-refractivity contribution in [3.8, 4) is 11.1 Å². The predicted molar refractivity (Wildman–Crippen MR) is 192 cm³/mol. The maximum Gasteiger partial charge on any atom is 0.410 e. The third-order valence-electron chi connectivity index (χ3n) is 9.32. The number of nitrogens with two attached hydrogens (primary N) is 1. The quantitative estimate of drug-likeness (QED) is 0.145. The summed E-state index contributed by atoms with van der Waals surface area (Å²) in [7, 11) is 0. The predicted octanol–water partition coefficient (Wildman–Crippen LogP) is 6.64. The molecular weight excluding hydrogens is 670 g/mol. The van der Waals surface area contributed by atoms with Crippen LogP contribution in [0.5, 0.6) is 0 Å². The summed E-state index contributed by atoms with van der Waals surface area (Å²) in [6, 6.07) is 23.9. The van der Waals surface area contributed by atoms with Crippen molar-refractivity contribution in [3.05, 3.63) is 129 Å². The molecule has 11 heteroatoms. The summed E-state index contributed by atoms with van der Waals surface area (Å²) in [4.78, 5) is 55.4. The molecule has 264 valence electrons. The van der Waals surface area contributed by atoms with Gasteiger partial charge in [-0.3, -0.25) is 14.5 Å². The van der Waals surface area contributed by atoms with Gasteiger partial charge in [-0.05, 0) is 91.1 Å². The summed E-state index contributed by atoms with van der Waals surface area (Å²) in [5.74, 6) is -1.61. The Bertz CT molecular complexity index is 2010. The van der Waals surface area contributed by atoms with Gasteiger partial charge in [0.1, 0.15) is 12.2 Å². The van der Waals surface area contributed by atoms with E-state index < -0.39 is 41.1 Å². The highest BCUT2D eigenvalue weighted by molar-refractivity contribution is 6.31. The van der Waals surface area contributed by atoms with Crippen LogP contribution >= 0.6 is 11.6 Å². The van der Waals surface area contributed by atoms with Gasteiger partial charge in [-0.2, -0.15) is 0 Å². The summed E-state index contributed by atoms with van der Waals surface area (Å²) in [6.07, 6.45) is 0.180. The summed E-state index contributed by atoms with van der Waals surface area (Å²) in [5.41, 5.74) is 8.24. The van der Waals surface area contributed by atoms with Crippen LogP contribution < -0.4 is 11.1 Å². The van der Waals surface area contributed by atoms with Crippen LogP contribution in [0, 0.1) is 0 Å². The second-order valence-corrected chi connectivity index (χ2v) is 14.3. The summed E-state index contributed by atoms with van der Waals surface area (Å²) >= 11 is 6.58. The molecule has 51 heavy (non-hydrogen) atoms. The molecule has 6 rings (SSSR count). The molecule has 1 unspecified atom stereocenters. The third kappa shape index (κ3) is 7.20. The number of halogens is 1. The molecule has 1 aliphatic heterocycles. The molecule has 0 bridgehead atoms. The zero-order valence-electron chi connectivity index (χ0n) is 28.7. The van der Waals surface area contributed by atoms with Crippen LogP contribution in [-0.4, -0.2) is 52.1 Å². The molecule has 2 atom stereocenters. The maximum atomic E-state index is 14.5. The van der Waals surface area contributed by atoms with E-state index in [9.17, 15) is 24.3 Å². The number of ketones is 1. The Morgan fingerprint density at radius 2 is 1.67 bits per heavy atom. The zero-order valence-corrected chi connectivity index (χ0v) is 29.5. The molecule has 0 spiro atoms. The molecule has 1 fully saturated rings. The van der Waals surface area contributed by atoms with Crippen LogP contribution in [0.25, 0.3) is 11.1 Å². The fraction of sp³-hybridized carbons (Fsp3) is 0.300. The van der Waals surface area contributed by atoms with Crippen LogP contribution in [-0.2, 0) is 39.4 Å². The smallest absolute Gasteiger partial charge is 0.410 e. The van der Waals surface area contributed by atoms with Crippen LogP contribution in [0.4, 0.5) is 9.59 Å². The number of Topliss-reactive ketones (excluding diaryl/α,β-unsaturated/α-hetero) is 1. The molecule has 4 N–H and O–H groups in total. The van der Waals surface area contributed by atoms with E-state index in [0.717, 1.165) is 23.1 Å². The molecule has 1 heterocycles.